The van der Waals surface area contributed by atoms with Gasteiger partial charge in [-0.05, 0) is 25.2 Å². The molecule has 3 N–H and O–H groups in total. The van der Waals surface area contributed by atoms with Gasteiger partial charge in [-0.25, -0.2) is 22.9 Å². The molecular formula is C20H19ClN4O4S2. The van der Waals surface area contributed by atoms with Gasteiger partial charge in [0.25, 0.3) is 0 Å². The minimum Gasteiger partial charge on any atom is -0.492 e. The van der Waals surface area contributed by atoms with Crippen LogP contribution in [-0.4, -0.2) is 33.1 Å². The fourth-order valence-electron chi connectivity index (χ4n) is 3.22. The molecule has 1 aromatic heterocycles. The first kappa shape index (κ1) is 21.6. The van der Waals surface area contributed by atoms with E-state index in [0.717, 1.165) is 5.56 Å². The quantitative estimate of drug-likeness (QED) is 0.513. The number of benzene rings is 2. The van der Waals surface area contributed by atoms with Crippen LogP contribution in [-0.2, 0) is 10.0 Å². The van der Waals surface area contributed by atoms with Crippen molar-refractivity contribution in [3.8, 4) is 16.3 Å². The molecule has 0 saturated carbocycles. The topological polar surface area (TPSA) is 109 Å². The van der Waals surface area contributed by atoms with Crippen LogP contribution in [0.15, 0.2) is 52.7 Å². The van der Waals surface area contributed by atoms with E-state index >= 15 is 0 Å². The second-order valence-electron chi connectivity index (χ2n) is 6.72. The number of thiazole rings is 1. The van der Waals surface area contributed by atoms with Crippen LogP contribution in [0.1, 0.15) is 18.0 Å². The van der Waals surface area contributed by atoms with E-state index in [1.54, 1.807) is 23.6 Å². The summed E-state index contributed by atoms with van der Waals surface area (Å²) in [4.78, 5) is 17.1. The molecule has 162 valence electrons. The third-order valence-corrected chi connectivity index (χ3v) is 7.34. The number of nitrogens with zero attached hydrogens (tertiary/aromatic N) is 1. The SMILES string of the molecule is CNS(=O)(=O)c1cccc(-c2nc(NC(=O)N[C@H]3CCOc4c(Cl)cccc43)cs2)c1. The molecular weight excluding hydrogens is 460 g/mol. The number of nitrogens with one attached hydrogen (secondary N) is 3. The first-order chi connectivity index (χ1) is 14.9. The van der Waals surface area contributed by atoms with Gasteiger partial charge in [0, 0.05) is 22.9 Å². The van der Waals surface area contributed by atoms with Crippen molar-refractivity contribution < 1.29 is 17.9 Å². The molecule has 0 bridgehead atoms. The smallest absolute Gasteiger partial charge is 0.320 e. The summed E-state index contributed by atoms with van der Waals surface area (Å²) in [7, 11) is -2.20. The Bertz CT molecular complexity index is 1230. The van der Waals surface area contributed by atoms with Crippen LogP contribution in [0.4, 0.5) is 10.6 Å². The van der Waals surface area contributed by atoms with Crippen molar-refractivity contribution in [3.63, 3.8) is 0 Å². The van der Waals surface area contributed by atoms with E-state index in [1.165, 1.54) is 30.5 Å². The lowest BCUT2D eigenvalue weighted by molar-refractivity contribution is 0.232. The first-order valence-corrected chi connectivity index (χ1v) is 12.1. The van der Waals surface area contributed by atoms with E-state index in [2.05, 4.69) is 20.3 Å². The summed E-state index contributed by atoms with van der Waals surface area (Å²) >= 11 is 7.48. The minimum absolute atomic E-state index is 0.145. The van der Waals surface area contributed by atoms with E-state index < -0.39 is 16.1 Å². The molecule has 2 amide bonds. The average molecular weight is 479 g/mol. The van der Waals surface area contributed by atoms with Crippen LogP contribution >= 0.6 is 22.9 Å². The molecule has 0 unspecified atom stereocenters. The molecule has 2 aromatic carbocycles. The summed E-state index contributed by atoms with van der Waals surface area (Å²) in [6.07, 6.45) is 0.621. The van der Waals surface area contributed by atoms with E-state index in [0.29, 0.717) is 40.2 Å². The molecule has 11 heteroatoms. The van der Waals surface area contributed by atoms with Gasteiger partial charge in [-0.1, -0.05) is 35.9 Å². The Balaban J connectivity index is 1.46. The van der Waals surface area contributed by atoms with Crippen molar-refractivity contribution in [1.29, 1.82) is 0 Å². The van der Waals surface area contributed by atoms with Crippen LogP contribution in [0.3, 0.4) is 0 Å². The van der Waals surface area contributed by atoms with Crippen LogP contribution < -0.4 is 20.1 Å². The van der Waals surface area contributed by atoms with Gasteiger partial charge in [0.1, 0.15) is 16.6 Å². The highest BCUT2D eigenvalue weighted by Gasteiger charge is 2.25. The lowest BCUT2D eigenvalue weighted by atomic mass is 10.0. The summed E-state index contributed by atoms with van der Waals surface area (Å²) in [5.41, 5.74) is 1.47. The first-order valence-electron chi connectivity index (χ1n) is 9.35. The van der Waals surface area contributed by atoms with Gasteiger partial charge in [0.15, 0.2) is 0 Å². The number of hydrogen-bond acceptors (Lipinski definition) is 6. The van der Waals surface area contributed by atoms with Gasteiger partial charge in [0.2, 0.25) is 10.0 Å². The number of amides is 2. The average Bonchev–Trinajstić information content (AvgIpc) is 3.23. The number of carbonyl (C=O) groups excluding carboxylic acids is 1. The Morgan fingerprint density at radius 2 is 2.06 bits per heavy atom. The molecule has 2 heterocycles. The number of fused-ring (bicyclic) bond motifs is 1. The maximum Gasteiger partial charge on any atom is 0.320 e. The van der Waals surface area contributed by atoms with Gasteiger partial charge in [-0.3, -0.25) is 5.32 Å². The predicted octanol–water partition coefficient (Wildman–Crippen LogP) is 4.02. The van der Waals surface area contributed by atoms with Crippen molar-refractivity contribution in [1.82, 2.24) is 15.0 Å². The maximum absolute atomic E-state index is 12.5. The Morgan fingerprint density at radius 3 is 2.87 bits per heavy atom. The molecule has 0 aliphatic carbocycles. The number of aromatic nitrogens is 1. The molecule has 0 spiro atoms. The molecule has 0 saturated heterocycles. The Morgan fingerprint density at radius 1 is 1.26 bits per heavy atom. The highest BCUT2D eigenvalue weighted by atomic mass is 35.5. The van der Waals surface area contributed by atoms with Crippen molar-refractivity contribution in [3.05, 3.63) is 58.4 Å². The zero-order valence-electron chi connectivity index (χ0n) is 16.4. The summed E-state index contributed by atoms with van der Waals surface area (Å²) in [5, 5.41) is 8.45. The molecule has 3 aromatic rings. The number of carbonyl (C=O) groups is 1. The van der Waals surface area contributed by atoms with Crippen molar-refractivity contribution in [2.75, 3.05) is 19.0 Å². The number of para-hydroxylation sites is 1. The van der Waals surface area contributed by atoms with E-state index in [-0.39, 0.29) is 10.9 Å². The Labute approximate surface area is 188 Å². The van der Waals surface area contributed by atoms with E-state index in [1.807, 2.05) is 12.1 Å². The molecule has 0 fully saturated rings. The maximum atomic E-state index is 12.5. The molecule has 31 heavy (non-hydrogen) atoms. The van der Waals surface area contributed by atoms with Crippen molar-refractivity contribution in [2.24, 2.45) is 0 Å². The Hall–Kier alpha value is -2.66. The summed E-state index contributed by atoms with van der Waals surface area (Å²) < 4.78 is 32.0. The lowest BCUT2D eigenvalue weighted by Gasteiger charge is -2.27. The number of rotatable bonds is 5. The molecule has 0 radical (unpaired) electrons. The predicted molar refractivity (Wildman–Crippen MR) is 120 cm³/mol. The van der Waals surface area contributed by atoms with Crippen LogP contribution in [0.25, 0.3) is 10.6 Å². The largest absolute Gasteiger partial charge is 0.492 e. The number of anilines is 1. The normalized spacial score (nSPS) is 15.6. The van der Waals surface area contributed by atoms with Gasteiger partial charge in [0.05, 0.1) is 22.6 Å². The van der Waals surface area contributed by atoms with Crippen molar-refractivity contribution >= 4 is 44.8 Å². The fraction of sp³-hybridized carbons (Fsp3) is 0.200. The van der Waals surface area contributed by atoms with Gasteiger partial charge in [-0.15, -0.1) is 11.3 Å². The minimum atomic E-state index is -3.56. The fourth-order valence-corrected chi connectivity index (χ4v) is 4.99. The molecule has 1 aliphatic rings. The third kappa shape index (κ3) is 4.67. The zero-order valence-corrected chi connectivity index (χ0v) is 18.8. The van der Waals surface area contributed by atoms with Gasteiger partial charge < -0.3 is 10.1 Å². The second-order valence-corrected chi connectivity index (χ2v) is 9.87. The number of halogens is 1. The number of sulfonamides is 1. The standard InChI is InChI=1S/C20H19ClN4O4S2/c1-22-31(27,28)13-5-2-4-12(10-13)19-24-17(11-30-19)25-20(26)23-16-8-9-29-18-14(16)6-3-7-15(18)21/h2-7,10-11,16,22H,8-9H2,1H3,(H2,23,25,26)/t16-/m0/s1. The van der Waals surface area contributed by atoms with E-state index in [9.17, 15) is 13.2 Å². The highest BCUT2D eigenvalue weighted by molar-refractivity contribution is 7.89. The molecule has 8 nitrogen and oxygen atoms in total. The summed E-state index contributed by atoms with van der Waals surface area (Å²) in [5.74, 6) is 0.964. The van der Waals surface area contributed by atoms with Gasteiger partial charge >= 0.3 is 6.03 Å². The summed E-state index contributed by atoms with van der Waals surface area (Å²) in [6.45, 7) is 0.453. The lowest BCUT2D eigenvalue weighted by Crippen LogP contribution is -2.35. The monoisotopic (exact) mass is 478 g/mol. The molecule has 4 rings (SSSR count). The molecule has 1 atom stereocenters. The second kappa shape index (κ2) is 8.83. The number of urea groups is 1. The zero-order chi connectivity index (χ0) is 22.0. The van der Waals surface area contributed by atoms with Gasteiger partial charge in [-0.2, -0.15) is 0 Å². The molecule has 1 aliphatic heterocycles. The Kier molecular flexibility index (Phi) is 6.15. The third-order valence-electron chi connectivity index (χ3n) is 4.74. The van der Waals surface area contributed by atoms with E-state index in [4.69, 9.17) is 16.3 Å². The van der Waals surface area contributed by atoms with Crippen molar-refractivity contribution in [2.45, 2.75) is 17.4 Å². The summed E-state index contributed by atoms with van der Waals surface area (Å²) in [6, 6.07) is 11.3. The van der Waals surface area contributed by atoms with Crippen LogP contribution in [0.5, 0.6) is 5.75 Å². The number of hydrogen-bond donors (Lipinski definition) is 3. The van der Waals surface area contributed by atoms with Crippen LogP contribution in [0.2, 0.25) is 5.02 Å². The highest BCUT2D eigenvalue weighted by Crippen LogP contribution is 2.37. The number of ether oxygens (including phenoxy) is 1. The van der Waals surface area contributed by atoms with Crippen LogP contribution in [0, 0.1) is 0 Å².